The number of para-hydroxylation sites is 1. The summed E-state index contributed by atoms with van der Waals surface area (Å²) in [6.45, 7) is 1.74. The zero-order valence-electron chi connectivity index (χ0n) is 10.2. The van der Waals surface area contributed by atoms with Gasteiger partial charge < -0.3 is 4.74 Å². The molecular weight excluding hydrogens is 244 g/mol. The van der Waals surface area contributed by atoms with Crippen molar-refractivity contribution < 1.29 is 9.66 Å². The third-order valence-electron chi connectivity index (χ3n) is 2.59. The molecule has 5 nitrogen and oxygen atoms in total. The molecule has 2 aromatic rings. The molecule has 0 saturated heterocycles. The zero-order chi connectivity index (χ0) is 13.8. The van der Waals surface area contributed by atoms with E-state index in [9.17, 15) is 10.1 Å². The molecule has 0 aliphatic rings. The van der Waals surface area contributed by atoms with Gasteiger partial charge in [-0.1, -0.05) is 12.1 Å². The lowest BCUT2D eigenvalue weighted by molar-refractivity contribution is -0.385. The predicted molar refractivity (Wildman–Crippen MR) is 69.1 cm³/mol. The number of benzene rings is 2. The van der Waals surface area contributed by atoms with Crippen LogP contribution >= 0.6 is 0 Å². The summed E-state index contributed by atoms with van der Waals surface area (Å²) in [5, 5.41) is 19.6. The SMILES string of the molecule is Cc1cccc([N+](=O)[O-])c1Oc1ccc(C#N)cc1. The summed E-state index contributed by atoms with van der Waals surface area (Å²) in [6, 6.07) is 13.1. The molecule has 0 bridgehead atoms. The van der Waals surface area contributed by atoms with Crippen molar-refractivity contribution >= 4 is 5.69 Å². The Labute approximate surface area is 109 Å². The van der Waals surface area contributed by atoms with Crippen molar-refractivity contribution in [3.63, 3.8) is 0 Å². The molecule has 0 amide bonds. The highest BCUT2D eigenvalue weighted by atomic mass is 16.6. The molecule has 0 aliphatic carbocycles. The summed E-state index contributed by atoms with van der Waals surface area (Å²) in [5.41, 5.74) is 1.11. The lowest BCUT2D eigenvalue weighted by Gasteiger charge is -2.08. The minimum absolute atomic E-state index is 0.0793. The summed E-state index contributed by atoms with van der Waals surface area (Å²) in [4.78, 5) is 10.5. The van der Waals surface area contributed by atoms with E-state index in [1.807, 2.05) is 6.07 Å². The fourth-order valence-corrected chi connectivity index (χ4v) is 1.63. The second-order valence-electron chi connectivity index (χ2n) is 3.92. The largest absolute Gasteiger partial charge is 0.450 e. The quantitative estimate of drug-likeness (QED) is 0.619. The van der Waals surface area contributed by atoms with Crippen LogP contribution in [-0.2, 0) is 0 Å². The van der Waals surface area contributed by atoms with Crippen molar-refractivity contribution in [2.75, 3.05) is 0 Å². The van der Waals surface area contributed by atoms with E-state index in [0.717, 1.165) is 0 Å². The first-order chi connectivity index (χ1) is 9.11. The Kier molecular flexibility index (Phi) is 3.44. The lowest BCUT2D eigenvalue weighted by atomic mass is 10.2. The van der Waals surface area contributed by atoms with Crippen LogP contribution in [0.25, 0.3) is 0 Å². The molecule has 2 rings (SSSR count). The Hall–Kier alpha value is -2.87. The number of ether oxygens (including phenoxy) is 1. The van der Waals surface area contributed by atoms with E-state index in [1.165, 1.54) is 6.07 Å². The molecule has 0 unspecified atom stereocenters. The van der Waals surface area contributed by atoms with E-state index >= 15 is 0 Å². The summed E-state index contributed by atoms with van der Waals surface area (Å²) in [7, 11) is 0. The number of hydrogen-bond acceptors (Lipinski definition) is 4. The Bertz CT molecular complexity index is 657. The van der Waals surface area contributed by atoms with Gasteiger partial charge in [-0.15, -0.1) is 0 Å². The Morgan fingerprint density at radius 2 is 1.89 bits per heavy atom. The highest BCUT2D eigenvalue weighted by Crippen LogP contribution is 2.34. The van der Waals surface area contributed by atoms with Crippen LogP contribution in [0.15, 0.2) is 42.5 Å². The standard InChI is InChI=1S/C14H10N2O3/c1-10-3-2-4-13(16(17)18)14(10)19-12-7-5-11(9-15)6-8-12/h2-8H,1H3. The summed E-state index contributed by atoms with van der Waals surface area (Å²) in [5.74, 6) is 0.675. The molecule has 0 aliphatic heterocycles. The first kappa shape index (κ1) is 12.6. The van der Waals surface area contributed by atoms with E-state index < -0.39 is 4.92 Å². The molecule has 0 spiro atoms. The van der Waals surface area contributed by atoms with Crippen LogP contribution in [0.5, 0.6) is 11.5 Å². The van der Waals surface area contributed by atoms with Gasteiger partial charge in [0, 0.05) is 6.07 Å². The normalized spacial score (nSPS) is 9.68. The molecule has 0 aromatic heterocycles. The third-order valence-corrected chi connectivity index (χ3v) is 2.59. The molecule has 2 aromatic carbocycles. The second kappa shape index (κ2) is 5.19. The van der Waals surface area contributed by atoms with Gasteiger partial charge in [-0.2, -0.15) is 5.26 Å². The number of rotatable bonds is 3. The van der Waals surface area contributed by atoms with Gasteiger partial charge in [0.25, 0.3) is 0 Å². The molecule has 0 heterocycles. The number of hydrogen-bond donors (Lipinski definition) is 0. The second-order valence-corrected chi connectivity index (χ2v) is 3.92. The maximum Gasteiger partial charge on any atom is 0.311 e. The van der Waals surface area contributed by atoms with E-state index in [1.54, 1.807) is 43.3 Å². The topological polar surface area (TPSA) is 76.2 Å². The highest BCUT2D eigenvalue weighted by molar-refractivity contribution is 5.53. The van der Waals surface area contributed by atoms with Crippen LogP contribution in [0, 0.1) is 28.4 Å². The van der Waals surface area contributed by atoms with Crippen LogP contribution in [-0.4, -0.2) is 4.92 Å². The van der Waals surface area contributed by atoms with Gasteiger partial charge in [0.05, 0.1) is 16.6 Å². The van der Waals surface area contributed by atoms with Crippen molar-refractivity contribution in [2.45, 2.75) is 6.92 Å². The van der Waals surface area contributed by atoms with Crippen molar-refractivity contribution in [1.82, 2.24) is 0 Å². The van der Waals surface area contributed by atoms with Crippen molar-refractivity contribution in [2.24, 2.45) is 0 Å². The Morgan fingerprint density at radius 3 is 2.47 bits per heavy atom. The van der Waals surface area contributed by atoms with E-state index in [0.29, 0.717) is 16.9 Å². The predicted octanol–water partition coefficient (Wildman–Crippen LogP) is 3.57. The van der Waals surface area contributed by atoms with Crippen molar-refractivity contribution in [3.05, 3.63) is 63.7 Å². The number of nitriles is 1. The minimum Gasteiger partial charge on any atom is -0.450 e. The Balaban J connectivity index is 2.37. The van der Waals surface area contributed by atoms with Crippen molar-refractivity contribution in [1.29, 1.82) is 5.26 Å². The average Bonchev–Trinajstić information content (AvgIpc) is 2.41. The molecular formula is C14H10N2O3. The molecule has 0 N–H and O–H groups in total. The minimum atomic E-state index is -0.480. The van der Waals surface area contributed by atoms with Gasteiger partial charge in [0.2, 0.25) is 5.75 Å². The van der Waals surface area contributed by atoms with Crippen LogP contribution in [0.4, 0.5) is 5.69 Å². The van der Waals surface area contributed by atoms with Gasteiger partial charge in [0.15, 0.2) is 0 Å². The van der Waals surface area contributed by atoms with Crippen molar-refractivity contribution in [3.8, 4) is 17.6 Å². The fraction of sp³-hybridized carbons (Fsp3) is 0.0714. The highest BCUT2D eigenvalue weighted by Gasteiger charge is 2.17. The summed E-state index contributed by atoms with van der Waals surface area (Å²) < 4.78 is 5.55. The van der Waals surface area contributed by atoms with E-state index in [4.69, 9.17) is 10.00 Å². The van der Waals surface area contributed by atoms with Gasteiger partial charge in [-0.05, 0) is 36.8 Å². The number of nitrogens with zero attached hydrogens (tertiary/aromatic N) is 2. The first-order valence-corrected chi connectivity index (χ1v) is 5.54. The maximum atomic E-state index is 10.9. The molecule has 0 atom stereocenters. The van der Waals surface area contributed by atoms with Crippen LogP contribution in [0.3, 0.4) is 0 Å². The van der Waals surface area contributed by atoms with Gasteiger partial charge >= 0.3 is 5.69 Å². The molecule has 5 heteroatoms. The lowest BCUT2D eigenvalue weighted by Crippen LogP contribution is -1.95. The van der Waals surface area contributed by atoms with Gasteiger partial charge in [-0.3, -0.25) is 10.1 Å². The molecule has 0 radical (unpaired) electrons. The fourth-order valence-electron chi connectivity index (χ4n) is 1.63. The van der Waals surface area contributed by atoms with Crippen LogP contribution < -0.4 is 4.74 Å². The maximum absolute atomic E-state index is 10.9. The van der Waals surface area contributed by atoms with Crippen LogP contribution in [0.2, 0.25) is 0 Å². The number of nitro benzene ring substituents is 1. The summed E-state index contributed by atoms with van der Waals surface area (Å²) >= 11 is 0. The van der Waals surface area contributed by atoms with E-state index in [-0.39, 0.29) is 11.4 Å². The first-order valence-electron chi connectivity index (χ1n) is 5.54. The number of aryl methyl sites for hydroxylation is 1. The molecule has 0 fully saturated rings. The van der Waals surface area contributed by atoms with Gasteiger partial charge in [-0.25, -0.2) is 0 Å². The molecule has 94 valence electrons. The van der Waals surface area contributed by atoms with Crippen LogP contribution in [0.1, 0.15) is 11.1 Å². The average molecular weight is 254 g/mol. The van der Waals surface area contributed by atoms with Gasteiger partial charge in [0.1, 0.15) is 5.75 Å². The Morgan fingerprint density at radius 1 is 1.21 bits per heavy atom. The monoisotopic (exact) mass is 254 g/mol. The summed E-state index contributed by atoms with van der Waals surface area (Å²) in [6.07, 6.45) is 0. The molecule has 19 heavy (non-hydrogen) atoms. The smallest absolute Gasteiger partial charge is 0.311 e. The third kappa shape index (κ3) is 2.69. The zero-order valence-corrected chi connectivity index (χ0v) is 10.2. The number of nitro groups is 1. The molecule has 0 saturated carbocycles. The van der Waals surface area contributed by atoms with E-state index in [2.05, 4.69) is 0 Å².